The fourth-order valence-corrected chi connectivity index (χ4v) is 10.9. The van der Waals surface area contributed by atoms with Crippen molar-refractivity contribution in [2.45, 2.75) is 95.4 Å². The molecule has 338 valence electrons. The summed E-state index contributed by atoms with van der Waals surface area (Å²) >= 11 is 0. The zero-order valence-electron chi connectivity index (χ0n) is 37.0. The zero-order valence-corrected chi connectivity index (χ0v) is 37.0. The van der Waals surface area contributed by atoms with E-state index in [4.69, 9.17) is 14.5 Å². The zero-order chi connectivity index (χ0) is 45.7. The molecule has 2 saturated carbocycles. The molecule has 65 heavy (non-hydrogen) atoms. The summed E-state index contributed by atoms with van der Waals surface area (Å²) in [5.41, 5.74) is 5.04. The Morgan fingerprint density at radius 3 is 2.20 bits per heavy atom. The Labute approximate surface area is 374 Å². The van der Waals surface area contributed by atoms with E-state index in [9.17, 15) is 19.2 Å². The summed E-state index contributed by atoms with van der Waals surface area (Å²) in [6.07, 6.45) is 5.59. The molecule has 16 heteroatoms. The maximum absolute atomic E-state index is 16.7. The first-order chi connectivity index (χ1) is 31.1. The Hall–Kier alpha value is -6.58. The molecule has 2 aliphatic heterocycles. The number of aromatic amines is 2. The fourth-order valence-electron chi connectivity index (χ4n) is 10.9. The summed E-state index contributed by atoms with van der Waals surface area (Å²) in [4.78, 5) is 72.4. The van der Waals surface area contributed by atoms with Crippen molar-refractivity contribution in [3.05, 3.63) is 95.7 Å². The lowest BCUT2D eigenvalue weighted by Crippen LogP contribution is -2.54. The molecule has 5 aromatic rings. The molecule has 0 radical (unpaired) electrons. The number of nitrogens with zero attached hydrogens (tertiary/aromatic N) is 4. The fraction of sp³-hybridized carbons (Fsp3) is 0.429. The molecule has 10 rings (SSSR count). The van der Waals surface area contributed by atoms with Crippen LogP contribution in [0.3, 0.4) is 0 Å². The van der Waals surface area contributed by atoms with Crippen LogP contribution < -0.4 is 10.6 Å². The topological polar surface area (TPSA) is 175 Å². The first-order valence-corrected chi connectivity index (χ1v) is 22.3. The van der Waals surface area contributed by atoms with E-state index in [-0.39, 0.29) is 52.3 Å². The number of alkyl halides is 2. The lowest BCUT2D eigenvalue weighted by atomic mass is 9.95. The molecule has 3 aliphatic carbocycles. The molecule has 4 fully saturated rings. The Kier molecular flexibility index (Phi) is 10.1. The highest BCUT2D eigenvalue weighted by atomic mass is 19.3. The second-order valence-electron chi connectivity index (χ2n) is 19.0. The van der Waals surface area contributed by atoms with Crippen molar-refractivity contribution in [1.29, 1.82) is 0 Å². The van der Waals surface area contributed by atoms with Gasteiger partial charge in [0.1, 0.15) is 23.7 Å². The third-order valence-corrected chi connectivity index (χ3v) is 14.5. The molecule has 4 N–H and O–H groups in total. The molecule has 5 aliphatic rings. The van der Waals surface area contributed by atoms with E-state index < -0.39 is 36.2 Å². The van der Waals surface area contributed by atoms with E-state index in [1.54, 1.807) is 42.3 Å². The SMILES string of the molecule is C=C(C)[C@H](NC(=O)OC)C(=O)N1CC2(CC2)C[C@H]1c1ncc(-c2ccc3c(c2)C(F)(F)c2cc(-c4ccc5nc(C6[C@H]7CC[C@H](C7)N6C(=O)[C@@H](NC(=O)OC)C(C)C)[nH]c5c4)ccc2-3)[nH]1. The summed E-state index contributed by atoms with van der Waals surface area (Å²) in [6, 6.07) is 13.5. The normalized spacial score (nSPS) is 22.8. The molecule has 1 spiro atoms. The minimum Gasteiger partial charge on any atom is -0.453 e. The Balaban J connectivity index is 0.897. The molecule has 4 amide bonds. The van der Waals surface area contributed by atoms with Gasteiger partial charge < -0.3 is 39.9 Å². The number of amides is 4. The highest BCUT2D eigenvalue weighted by Crippen LogP contribution is 2.59. The van der Waals surface area contributed by atoms with Gasteiger partial charge in [0.05, 0.1) is 49.2 Å². The van der Waals surface area contributed by atoms with Crippen LogP contribution in [0.25, 0.3) is 44.5 Å². The largest absolute Gasteiger partial charge is 0.453 e. The smallest absolute Gasteiger partial charge is 0.407 e. The molecular weight excluding hydrogens is 835 g/mol. The number of ether oxygens (including phenoxy) is 2. The Morgan fingerprint density at radius 2 is 1.52 bits per heavy atom. The second kappa shape index (κ2) is 15.5. The average Bonchev–Trinajstić information content (AvgIpc) is 3.95. The van der Waals surface area contributed by atoms with Gasteiger partial charge in [-0.15, -0.1) is 0 Å². The lowest BCUT2D eigenvalue weighted by molar-refractivity contribution is -0.139. The molecular formula is C49H52F2N8O6. The lowest BCUT2D eigenvalue weighted by Gasteiger charge is -2.37. The number of halogens is 2. The number of imidazole rings is 2. The highest BCUT2D eigenvalue weighted by molar-refractivity contribution is 5.90. The third kappa shape index (κ3) is 7.12. The standard InChI is InChI=1S/C49H52F2N8O6/c1-24(2)39(56-46(62)64-5)44(60)58-23-48(15-16-48)21-38(58)42-52-22-37(55-42)28-9-13-32-31-12-8-26(18-33(31)49(50,51)34(32)19-28)27-10-14-35-36(20-27)54-43(53-35)41-29-7-11-30(17-29)59(41)45(61)40(25(3)4)57-47(63)65-6/h8-10,12-14,18-20,22,25,29-30,38-41H,1,7,11,15-17,21,23H2,2-6H3,(H,52,55)(H,53,54)(H,56,62)(H,57,63)/t29-,30+,38-,39-,40-,41?/m0/s1. The number of nitrogens with one attached hydrogen (secondary N) is 4. The Bertz CT molecular complexity index is 2790. The van der Waals surface area contributed by atoms with Crippen molar-refractivity contribution in [1.82, 2.24) is 40.4 Å². The van der Waals surface area contributed by atoms with Crippen LogP contribution in [0, 0.1) is 17.3 Å². The number of alkyl carbamates (subject to hydrolysis) is 2. The number of fused-ring (bicyclic) bond motifs is 6. The van der Waals surface area contributed by atoms with Crippen LogP contribution in [-0.4, -0.2) is 92.6 Å². The minimum atomic E-state index is -3.30. The summed E-state index contributed by atoms with van der Waals surface area (Å²) < 4.78 is 42.9. The number of aromatic nitrogens is 4. The van der Waals surface area contributed by atoms with Gasteiger partial charge in [0.15, 0.2) is 0 Å². The van der Waals surface area contributed by atoms with Crippen molar-refractivity contribution in [3.63, 3.8) is 0 Å². The predicted molar refractivity (Wildman–Crippen MR) is 237 cm³/mol. The monoisotopic (exact) mass is 886 g/mol. The maximum Gasteiger partial charge on any atom is 0.407 e. The van der Waals surface area contributed by atoms with Crippen molar-refractivity contribution < 1.29 is 37.4 Å². The molecule has 2 bridgehead atoms. The van der Waals surface area contributed by atoms with Gasteiger partial charge in [-0.1, -0.05) is 50.8 Å². The first kappa shape index (κ1) is 42.4. The third-order valence-electron chi connectivity index (χ3n) is 14.5. The van der Waals surface area contributed by atoms with Gasteiger partial charge in [-0.3, -0.25) is 9.59 Å². The molecule has 4 heterocycles. The molecule has 3 aromatic carbocycles. The van der Waals surface area contributed by atoms with E-state index in [2.05, 4.69) is 32.2 Å². The molecule has 2 aromatic heterocycles. The van der Waals surface area contributed by atoms with Crippen molar-refractivity contribution in [3.8, 4) is 33.5 Å². The van der Waals surface area contributed by atoms with Gasteiger partial charge in [0.25, 0.3) is 5.92 Å². The number of methoxy groups -OCH3 is 2. The highest BCUT2D eigenvalue weighted by Gasteiger charge is 2.55. The van der Waals surface area contributed by atoms with E-state index in [1.165, 1.54) is 20.3 Å². The van der Waals surface area contributed by atoms with Gasteiger partial charge in [0, 0.05) is 29.3 Å². The number of hydrogen-bond donors (Lipinski definition) is 4. The summed E-state index contributed by atoms with van der Waals surface area (Å²) in [6.45, 7) is 9.90. The number of benzene rings is 3. The van der Waals surface area contributed by atoms with Crippen molar-refractivity contribution >= 4 is 35.0 Å². The number of carbonyl (C=O) groups is 4. The maximum atomic E-state index is 16.7. The quantitative estimate of drug-likeness (QED) is 0.101. The van der Waals surface area contributed by atoms with Gasteiger partial charge in [-0.25, -0.2) is 19.6 Å². The molecule has 1 unspecified atom stereocenters. The van der Waals surface area contributed by atoms with Crippen LogP contribution >= 0.6 is 0 Å². The van der Waals surface area contributed by atoms with E-state index in [0.29, 0.717) is 63.7 Å². The van der Waals surface area contributed by atoms with Gasteiger partial charge in [-0.05, 0) is 115 Å². The molecule has 2 saturated heterocycles. The van der Waals surface area contributed by atoms with Crippen LogP contribution in [0.1, 0.15) is 94.2 Å². The van der Waals surface area contributed by atoms with Crippen LogP contribution in [0.5, 0.6) is 0 Å². The van der Waals surface area contributed by atoms with Crippen LogP contribution in [-0.2, 0) is 25.0 Å². The van der Waals surface area contributed by atoms with Gasteiger partial charge >= 0.3 is 12.2 Å². The summed E-state index contributed by atoms with van der Waals surface area (Å²) in [5, 5.41) is 5.33. The van der Waals surface area contributed by atoms with E-state index in [0.717, 1.165) is 43.2 Å². The number of hydrogen-bond acceptors (Lipinski definition) is 8. The molecule has 6 atom stereocenters. The molecule has 14 nitrogen and oxygen atoms in total. The summed E-state index contributed by atoms with van der Waals surface area (Å²) in [5.74, 6) is -2.50. The number of likely N-dealkylation sites (tertiary alicyclic amines) is 2. The summed E-state index contributed by atoms with van der Waals surface area (Å²) in [7, 11) is 2.51. The van der Waals surface area contributed by atoms with E-state index in [1.807, 2.05) is 43.0 Å². The minimum absolute atomic E-state index is 0.0195. The van der Waals surface area contributed by atoms with E-state index >= 15 is 8.78 Å². The van der Waals surface area contributed by atoms with Gasteiger partial charge in [0.2, 0.25) is 11.8 Å². The predicted octanol–water partition coefficient (Wildman–Crippen LogP) is 8.53. The van der Waals surface area contributed by atoms with Crippen LogP contribution in [0.2, 0.25) is 0 Å². The first-order valence-electron chi connectivity index (χ1n) is 22.3. The van der Waals surface area contributed by atoms with Gasteiger partial charge in [-0.2, -0.15) is 8.78 Å². The number of piperidine rings is 1. The number of carbonyl (C=O) groups excluding carboxylic acids is 4. The van der Waals surface area contributed by atoms with Crippen molar-refractivity contribution in [2.75, 3.05) is 20.8 Å². The average molecular weight is 887 g/mol. The second-order valence-corrected chi connectivity index (χ2v) is 19.0. The Morgan fingerprint density at radius 1 is 0.862 bits per heavy atom. The number of rotatable bonds is 10. The van der Waals surface area contributed by atoms with Crippen LogP contribution in [0.15, 0.2) is 72.9 Å². The van der Waals surface area contributed by atoms with Crippen molar-refractivity contribution in [2.24, 2.45) is 17.3 Å². The van der Waals surface area contributed by atoms with Crippen LogP contribution in [0.4, 0.5) is 18.4 Å². The number of H-pyrrole nitrogens is 2.